The monoisotopic (exact) mass is 382 g/mol. The molecule has 1 aromatic rings. The van der Waals surface area contributed by atoms with Crippen molar-refractivity contribution < 1.29 is 14.7 Å². The van der Waals surface area contributed by atoms with Gasteiger partial charge in [0.1, 0.15) is 0 Å². The summed E-state index contributed by atoms with van der Waals surface area (Å²) in [7, 11) is 0. The lowest BCUT2D eigenvalue weighted by Gasteiger charge is -2.08. The van der Waals surface area contributed by atoms with Gasteiger partial charge in [-0.1, -0.05) is 17.7 Å². The van der Waals surface area contributed by atoms with Crippen LogP contribution in [0.15, 0.2) is 18.2 Å². The van der Waals surface area contributed by atoms with E-state index < -0.39 is 12.0 Å². The summed E-state index contributed by atoms with van der Waals surface area (Å²) in [5.74, 6) is -0.948. The molecule has 0 heterocycles. The molecule has 0 aliphatic carbocycles. The number of carbonyl (C=O) groups excluding carboxylic acids is 1. The summed E-state index contributed by atoms with van der Waals surface area (Å²) in [5, 5.41) is 14.0. The first-order valence-electron chi connectivity index (χ1n) is 5.16. The number of hydrogen-bond donors (Lipinski definition) is 3. The van der Waals surface area contributed by atoms with Gasteiger partial charge in [-0.2, -0.15) is 0 Å². The maximum atomic E-state index is 11.3. The van der Waals surface area contributed by atoms with Crippen LogP contribution in [0.25, 0.3) is 0 Å². The van der Waals surface area contributed by atoms with E-state index in [2.05, 4.69) is 33.2 Å². The number of amides is 2. The van der Waals surface area contributed by atoms with E-state index in [0.29, 0.717) is 11.6 Å². The lowest BCUT2D eigenvalue weighted by Crippen LogP contribution is -2.36. The molecule has 0 aliphatic rings. The molecular weight excluding hydrogens is 370 g/mol. The number of halogens is 2. The van der Waals surface area contributed by atoms with E-state index in [-0.39, 0.29) is 13.0 Å². The van der Waals surface area contributed by atoms with Crippen molar-refractivity contribution in [1.29, 1.82) is 0 Å². The highest BCUT2D eigenvalue weighted by Crippen LogP contribution is 2.18. The predicted molar refractivity (Wildman–Crippen MR) is 76.7 cm³/mol. The van der Waals surface area contributed by atoms with Crippen LogP contribution in [0.5, 0.6) is 0 Å². The van der Waals surface area contributed by atoms with Gasteiger partial charge in [-0.05, 0) is 40.3 Å². The third-order valence-electron chi connectivity index (χ3n) is 2.08. The maximum Gasteiger partial charge on any atom is 0.315 e. The molecular formula is C11H12ClIN2O3. The lowest BCUT2D eigenvalue weighted by molar-refractivity contribution is -0.136. The molecule has 2 amide bonds. The van der Waals surface area contributed by atoms with Gasteiger partial charge in [-0.25, -0.2) is 4.79 Å². The Morgan fingerprint density at radius 3 is 2.67 bits per heavy atom. The molecule has 0 spiro atoms. The van der Waals surface area contributed by atoms with E-state index in [9.17, 15) is 9.59 Å². The maximum absolute atomic E-state index is 11.3. The molecule has 98 valence electrons. The molecule has 0 saturated carbocycles. The van der Waals surface area contributed by atoms with Crippen LogP contribution in [0.1, 0.15) is 12.0 Å². The minimum atomic E-state index is -0.948. The number of urea groups is 1. The van der Waals surface area contributed by atoms with Gasteiger partial charge in [0.15, 0.2) is 0 Å². The Bertz CT molecular complexity index is 454. The Morgan fingerprint density at radius 1 is 1.33 bits per heavy atom. The molecule has 1 aromatic carbocycles. The highest BCUT2D eigenvalue weighted by molar-refractivity contribution is 14.1. The lowest BCUT2D eigenvalue weighted by atomic mass is 10.2. The summed E-state index contributed by atoms with van der Waals surface area (Å²) in [4.78, 5) is 21.6. The summed E-state index contributed by atoms with van der Waals surface area (Å²) in [6.45, 7) is 0.399. The quantitative estimate of drug-likeness (QED) is 0.683. The van der Waals surface area contributed by atoms with Gasteiger partial charge in [0, 0.05) is 21.7 Å². The van der Waals surface area contributed by atoms with Gasteiger partial charge < -0.3 is 15.7 Å². The minimum Gasteiger partial charge on any atom is -0.481 e. The van der Waals surface area contributed by atoms with Crippen molar-refractivity contribution in [2.75, 3.05) is 6.54 Å². The van der Waals surface area contributed by atoms with Gasteiger partial charge in [0.25, 0.3) is 0 Å². The molecule has 1 rings (SSSR count). The second-order valence-corrected chi connectivity index (χ2v) is 5.14. The topological polar surface area (TPSA) is 78.4 Å². The number of carboxylic acid groups (broad SMARTS) is 1. The molecule has 0 unspecified atom stereocenters. The van der Waals surface area contributed by atoms with E-state index in [1.54, 1.807) is 0 Å². The van der Waals surface area contributed by atoms with Gasteiger partial charge >= 0.3 is 12.0 Å². The average molecular weight is 383 g/mol. The Morgan fingerprint density at radius 2 is 2.06 bits per heavy atom. The number of benzene rings is 1. The summed E-state index contributed by atoms with van der Waals surface area (Å²) in [6, 6.07) is 5.13. The van der Waals surface area contributed by atoms with Crippen LogP contribution >= 0.6 is 34.2 Å². The SMILES string of the molecule is O=C(O)CCNC(=O)NCc1ccc(I)cc1Cl. The van der Waals surface area contributed by atoms with E-state index >= 15 is 0 Å². The van der Waals surface area contributed by atoms with Crippen LogP contribution in [0.2, 0.25) is 5.02 Å². The fraction of sp³-hybridized carbons (Fsp3) is 0.273. The fourth-order valence-corrected chi connectivity index (χ4v) is 2.11. The number of nitrogens with one attached hydrogen (secondary N) is 2. The normalized spacial score (nSPS) is 9.89. The molecule has 7 heteroatoms. The van der Waals surface area contributed by atoms with Crippen LogP contribution < -0.4 is 10.6 Å². The number of aliphatic carboxylic acids is 1. The van der Waals surface area contributed by atoms with Gasteiger partial charge in [-0.3, -0.25) is 4.79 Å². The molecule has 0 aliphatic heterocycles. The van der Waals surface area contributed by atoms with Gasteiger partial charge in [0.05, 0.1) is 6.42 Å². The summed E-state index contributed by atoms with van der Waals surface area (Å²) >= 11 is 8.15. The van der Waals surface area contributed by atoms with Crippen molar-refractivity contribution in [3.63, 3.8) is 0 Å². The van der Waals surface area contributed by atoms with Crippen molar-refractivity contribution in [2.45, 2.75) is 13.0 Å². The van der Waals surface area contributed by atoms with Crippen molar-refractivity contribution in [3.05, 3.63) is 32.4 Å². The minimum absolute atomic E-state index is 0.0988. The molecule has 0 aromatic heterocycles. The molecule has 0 radical (unpaired) electrons. The molecule has 0 atom stereocenters. The van der Waals surface area contributed by atoms with Crippen LogP contribution in [0, 0.1) is 3.57 Å². The average Bonchev–Trinajstić information content (AvgIpc) is 2.27. The highest BCUT2D eigenvalue weighted by Gasteiger charge is 2.04. The zero-order valence-corrected chi connectivity index (χ0v) is 12.3. The predicted octanol–water partition coefficient (Wildman–Crippen LogP) is 2.22. The Balaban J connectivity index is 2.36. The zero-order valence-electron chi connectivity index (χ0n) is 9.37. The molecule has 0 fully saturated rings. The number of rotatable bonds is 5. The first-order chi connectivity index (χ1) is 8.49. The van der Waals surface area contributed by atoms with Crippen LogP contribution in [0.3, 0.4) is 0 Å². The largest absolute Gasteiger partial charge is 0.481 e. The van der Waals surface area contributed by atoms with Crippen molar-refractivity contribution in [3.8, 4) is 0 Å². The van der Waals surface area contributed by atoms with Crippen molar-refractivity contribution in [2.24, 2.45) is 0 Å². The third-order valence-corrected chi connectivity index (χ3v) is 3.10. The second-order valence-electron chi connectivity index (χ2n) is 3.49. The number of carbonyl (C=O) groups is 2. The van der Waals surface area contributed by atoms with E-state index in [0.717, 1.165) is 9.13 Å². The molecule has 5 nitrogen and oxygen atoms in total. The van der Waals surface area contributed by atoms with E-state index in [1.165, 1.54) is 0 Å². The van der Waals surface area contributed by atoms with Crippen LogP contribution in [-0.4, -0.2) is 23.7 Å². The van der Waals surface area contributed by atoms with Crippen molar-refractivity contribution >= 4 is 46.2 Å². The summed E-state index contributed by atoms with van der Waals surface area (Å²) < 4.78 is 1.02. The second kappa shape index (κ2) is 7.42. The molecule has 0 bridgehead atoms. The van der Waals surface area contributed by atoms with Crippen LogP contribution in [-0.2, 0) is 11.3 Å². The molecule has 0 saturated heterocycles. The molecule has 3 N–H and O–H groups in total. The van der Waals surface area contributed by atoms with Gasteiger partial charge in [0.2, 0.25) is 0 Å². The highest BCUT2D eigenvalue weighted by atomic mass is 127. The number of hydrogen-bond acceptors (Lipinski definition) is 2. The standard InChI is InChI=1S/C11H12ClIN2O3/c12-9-5-8(13)2-1-7(9)6-15-11(18)14-4-3-10(16)17/h1-2,5H,3-4,6H2,(H,16,17)(H2,14,15,18). The first-order valence-corrected chi connectivity index (χ1v) is 6.62. The Kier molecular flexibility index (Phi) is 6.20. The van der Waals surface area contributed by atoms with Crippen molar-refractivity contribution in [1.82, 2.24) is 10.6 Å². The Labute approximate surface area is 123 Å². The summed E-state index contributed by atoms with van der Waals surface area (Å²) in [5.41, 5.74) is 0.811. The van der Waals surface area contributed by atoms with Gasteiger partial charge in [-0.15, -0.1) is 0 Å². The number of carboxylic acids is 1. The fourth-order valence-electron chi connectivity index (χ4n) is 1.19. The molecule has 18 heavy (non-hydrogen) atoms. The third kappa shape index (κ3) is 5.54. The smallest absolute Gasteiger partial charge is 0.315 e. The first kappa shape index (κ1) is 15.0. The van der Waals surface area contributed by atoms with E-state index in [4.69, 9.17) is 16.7 Å². The van der Waals surface area contributed by atoms with Crippen LogP contribution in [0.4, 0.5) is 4.79 Å². The van der Waals surface area contributed by atoms with E-state index in [1.807, 2.05) is 18.2 Å². The Hall–Kier alpha value is -1.02. The summed E-state index contributed by atoms with van der Waals surface area (Å²) in [6.07, 6.45) is -0.0995. The zero-order chi connectivity index (χ0) is 13.5.